The maximum atomic E-state index is 12.5. The summed E-state index contributed by atoms with van der Waals surface area (Å²) in [6.45, 7) is 1.79. The van der Waals surface area contributed by atoms with Gasteiger partial charge in [0.1, 0.15) is 4.90 Å². The van der Waals surface area contributed by atoms with Crippen molar-refractivity contribution in [3.63, 3.8) is 0 Å². The summed E-state index contributed by atoms with van der Waals surface area (Å²) in [4.78, 5) is -0.0843. The molecule has 0 saturated heterocycles. The third-order valence-electron chi connectivity index (χ3n) is 2.84. The third kappa shape index (κ3) is 4.60. The van der Waals surface area contributed by atoms with E-state index in [9.17, 15) is 16.8 Å². The highest BCUT2D eigenvalue weighted by Crippen LogP contribution is 2.28. The van der Waals surface area contributed by atoms with E-state index in [-0.39, 0.29) is 21.3 Å². The minimum absolute atomic E-state index is 0.0843. The first kappa shape index (κ1) is 17.6. The predicted molar refractivity (Wildman–Crippen MR) is 91.9 cm³/mol. The van der Waals surface area contributed by atoms with Gasteiger partial charge >= 0.3 is 0 Å². The van der Waals surface area contributed by atoms with Crippen LogP contribution >= 0.6 is 11.6 Å². The van der Waals surface area contributed by atoms with E-state index in [2.05, 4.69) is 9.44 Å². The van der Waals surface area contributed by atoms with Crippen LogP contribution in [-0.4, -0.2) is 23.1 Å². The van der Waals surface area contributed by atoms with Crippen LogP contribution in [0.3, 0.4) is 0 Å². The van der Waals surface area contributed by atoms with Gasteiger partial charge in [0.15, 0.2) is 0 Å². The molecule has 0 aliphatic carbocycles. The monoisotopic (exact) mass is 374 g/mol. The van der Waals surface area contributed by atoms with Gasteiger partial charge in [0, 0.05) is 0 Å². The molecule has 0 bridgehead atoms. The van der Waals surface area contributed by atoms with E-state index in [1.54, 1.807) is 25.1 Å². The highest BCUT2D eigenvalue weighted by molar-refractivity contribution is 7.93. The van der Waals surface area contributed by atoms with E-state index in [1.165, 1.54) is 24.3 Å². The zero-order valence-corrected chi connectivity index (χ0v) is 14.8. The number of anilines is 2. The number of para-hydroxylation sites is 2. The van der Waals surface area contributed by atoms with E-state index >= 15 is 0 Å². The lowest BCUT2D eigenvalue weighted by molar-refractivity contribution is 0.600. The Morgan fingerprint density at radius 1 is 0.913 bits per heavy atom. The minimum atomic E-state index is -3.96. The number of nitrogens with one attached hydrogen (secondary N) is 2. The number of hydrogen-bond donors (Lipinski definition) is 2. The van der Waals surface area contributed by atoms with Crippen molar-refractivity contribution in [2.24, 2.45) is 0 Å². The zero-order valence-electron chi connectivity index (χ0n) is 12.4. The number of rotatable bonds is 5. The Kier molecular flexibility index (Phi) is 4.88. The summed E-state index contributed by atoms with van der Waals surface area (Å²) < 4.78 is 52.3. The first-order chi connectivity index (χ1) is 10.6. The highest BCUT2D eigenvalue weighted by atomic mass is 35.5. The molecule has 0 atom stereocenters. The second kappa shape index (κ2) is 6.38. The van der Waals surface area contributed by atoms with Crippen LogP contribution < -0.4 is 9.44 Å². The van der Waals surface area contributed by atoms with Crippen molar-refractivity contribution in [3.8, 4) is 0 Å². The summed E-state index contributed by atoms with van der Waals surface area (Å²) in [5.74, 6) is 0. The molecule has 0 aliphatic heterocycles. The summed E-state index contributed by atoms with van der Waals surface area (Å²) in [6, 6.07) is 10.6. The highest BCUT2D eigenvalue weighted by Gasteiger charge is 2.20. The topological polar surface area (TPSA) is 92.3 Å². The van der Waals surface area contributed by atoms with Crippen molar-refractivity contribution < 1.29 is 16.8 Å². The molecule has 0 spiro atoms. The molecule has 0 saturated carbocycles. The fraction of sp³-hybridized carbons (Fsp3) is 0.143. The fourth-order valence-electron chi connectivity index (χ4n) is 1.88. The van der Waals surface area contributed by atoms with Crippen LogP contribution in [0.15, 0.2) is 47.4 Å². The standard InChI is InChI=1S/C14H15ClN2O4S2/c1-10-7-8-14(11(15)9-10)23(20,21)17-13-6-4-3-5-12(13)16-22(2,18)19/h3-9,16-17H,1-2H3. The van der Waals surface area contributed by atoms with Gasteiger partial charge in [0.2, 0.25) is 10.0 Å². The molecule has 6 nitrogen and oxygen atoms in total. The summed E-state index contributed by atoms with van der Waals surface area (Å²) >= 11 is 6.00. The second-order valence-electron chi connectivity index (χ2n) is 4.96. The Balaban J connectivity index is 2.42. The molecule has 124 valence electrons. The first-order valence-corrected chi connectivity index (χ1v) is 10.2. The van der Waals surface area contributed by atoms with Gasteiger partial charge in [-0.1, -0.05) is 29.8 Å². The summed E-state index contributed by atoms with van der Waals surface area (Å²) in [5, 5.41) is 0.0889. The number of sulfonamides is 2. The smallest absolute Gasteiger partial charge is 0.263 e. The molecule has 2 aromatic rings. The van der Waals surface area contributed by atoms with Crippen LogP contribution in [0.4, 0.5) is 11.4 Å². The van der Waals surface area contributed by atoms with Crippen molar-refractivity contribution in [2.75, 3.05) is 15.7 Å². The molecule has 2 aromatic carbocycles. The molecule has 9 heteroatoms. The molecule has 23 heavy (non-hydrogen) atoms. The maximum absolute atomic E-state index is 12.5. The van der Waals surface area contributed by atoms with Crippen LogP contribution in [0.25, 0.3) is 0 Å². The van der Waals surface area contributed by atoms with Crippen LogP contribution in [0.2, 0.25) is 5.02 Å². The number of halogens is 1. The molecule has 0 radical (unpaired) electrons. The molecule has 0 aliphatic rings. The summed E-state index contributed by atoms with van der Waals surface area (Å²) in [5.41, 5.74) is 1.06. The van der Waals surface area contributed by atoms with Crippen LogP contribution in [-0.2, 0) is 20.0 Å². The van der Waals surface area contributed by atoms with Gasteiger partial charge in [-0.3, -0.25) is 9.44 Å². The van der Waals surface area contributed by atoms with Gasteiger partial charge in [-0.25, -0.2) is 16.8 Å². The van der Waals surface area contributed by atoms with Crippen LogP contribution in [0, 0.1) is 6.92 Å². The van der Waals surface area contributed by atoms with Gasteiger partial charge in [0.05, 0.1) is 22.7 Å². The third-order valence-corrected chi connectivity index (χ3v) is 5.28. The van der Waals surface area contributed by atoms with Crippen molar-refractivity contribution in [3.05, 3.63) is 53.1 Å². The molecular weight excluding hydrogens is 360 g/mol. The average Bonchev–Trinajstić information content (AvgIpc) is 2.38. The Hall–Kier alpha value is -1.77. The molecule has 0 fully saturated rings. The molecular formula is C14H15ClN2O4S2. The van der Waals surface area contributed by atoms with E-state index in [4.69, 9.17) is 11.6 Å². The predicted octanol–water partition coefficient (Wildman–Crippen LogP) is 2.82. The molecule has 0 amide bonds. The van der Waals surface area contributed by atoms with E-state index in [1.807, 2.05) is 0 Å². The summed E-state index contributed by atoms with van der Waals surface area (Å²) in [6.07, 6.45) is 0.981. The van der Waals surface area contributed by atoms with E-state index < -0.39 is 20.0 Å². The van der Waals surface area contributed by atoms with Gasteiger partial charge in [0.25, 0.3) is 10.0 Å². The largest absolute Gasteiger partial charge is 0.282 e. The SMILES string of the molecule is Cc1ccc(S(=O)(=O)Nc2ccccc2NS(C)(=O)=O)c(Cl)c1. The summed E-state index contributed by atoms with van der Waals surface area (Å²) in [7, 11) is -7.50. The molecule has 0 heterocycles. The molecule has 2 rings (SSSR count). The van der Waals surface area contributed by atoms with Gasteiger partial charge in [-0.2, -0.15) is 0 Å². The van der Waals surface area contributed by atoms with E-state index in [0.29, 0.717) is 0 Å². The number of hydrogen-bond acceptors (Lipinski definition) is 4. The van der Waals surface area contributed by atoms with Crippen LogP contribution in [0.1, 0.15) is 5.56 Å². The fourth-order valence-corrected chi connectivity index (χ4v) is 4.14. The number of benzene rings is 2. The Labute approximate surface area is 140 Å². The van der Waals surface area contributed by atoms with Crippen molar-refractivity contribution in [1.82, 2.24) is 0 Å². The average molecular weight is 375 g/mol. The lowest BCUT2D eigenvalue weighted by Crippen LogP contribution is -2.16. The molecule has 0 unspecified atom stereocenters. The quantitative estimate of drug-likeness (QED) is 0.841. The Morgan fingerprint density at radius 2 is 1.48 bits per heavy atom. The minimum Gasteiger partial charge on any atom is -0.282 e. The second-order valence-corrected chi connectivity index (χ2v) is 8.77. The Morgan fingerprint density at radius 3 is 2.00 bits per heavy atom. The first-order valence-electron chi connectivity index (χ1n) is 6.44. The van der Waals surface area contributed by atoms with Crippen molar-refractivity contribution in [1.29, 1.82) is 0 Å². The Bertz CT molecular complexity index is 941. The van der Waals surface area contributed by atoms with Gasteiger partial charge < -0.3 is 0 Å². The normalized spacial score (nSPS) is 12.0. The number of aryl methyl sites for hydroxylation is 1. The zero-order chi connectivity index (χ0) is 17.3. The van der Waals surface area contributed by atoms with Gasteiger partial charge in [-0.05, 0) is 36.8 Å². The molecule has 2 N–H and O–H groups in total. The molecule has 0 aromatic heterocycles. The lowest BCUT2D eigenvalue weighted by atomic mass is 10.2. The lowest BCUT2D eigenvalue weighted by Gasteiger charge is -2.14. The maximum Gasteiger partial charge on any atom is 0.263 e. The van der Waals surface area contributed by atoms with Crippen molar-refractivity contribution >= 4 is 43.0 Å². The van der Waals surface area contributed by atoms with E-state index in [0.717, 1.165) is 11.8 Å². The van der Waals surface area contributed by atoms with Crippen LogP contribution in [0.5, 0.6) is 0 Å². The van der Waals surface area contributed by atoms with Crippen molar-refractivity contribution in [2.45, 2.75) is 11.8 Å². The van der Waals surface area contributed by atoms with Gasteiger partial charge in [-0.15, -0.1) is 0 Å².